The van der Waals surface area contributed by atoms with Crippen LogP contribution in [-0.2, 0) is 0 Å². The number of rotatable bonds is 5. The van der Waals surface area contributed by atoms with Crippen LogP contribution < -0.4 is 9.64 Å². The van der Waals surface area contributed by atoms with Crippen molar-refractivity contribution in [1.82, 2.24) is 0 Å². The van der Waals surface area contributed by atoms with Gasteiger partial charge in [-0.15, -0.1) is 0 Å². The molecule has 2 fully saturated rings. The summed E-state index contributed by atoms with van der Waals surface area (Å²) in [5.41, 5.74) is 3.95. The van der Waals surface area contributed by atoms with E-state index in [-0.39, 0.29) is 0 Å². The van der Waals surface area contributed by atoms with Gasteiger partial charge in [-0.2, -0.15) is 0 Å². The third kappa shape index (κ3) is 3.72. The van der Waals surface area contributed by atoms with Gasteiger partial charge in [0.05, 0.1) is 7.11 Å². The molecule has 4 unspecified atom stereocenters. The maximum atomic E-state index is 5.41. The van der Waals surface area contributed by atoms with Gasteiger partial charge in [0.1, 0.15) is 5.75 Å². The molecule has 4 atom stereocenters. The van der Waals surface area contributed by atoms with Crippen molar-refractivity contribution >= 4 is 11.4 Å². The molecular weight excluding hydrogens is 330 g/mol. The average molecular weight is 364 g/mol. The van der Waals surface area contributed by atoms with E-state index >= 15 is 0 Å². The monoisotopic (exact) mass is 363 g/mol. The highest BCUT2D eigenvalue weighted by molar-refractivity contribution is 5.65. The minimum absolute atomic E-state index is 0.600. The largest absolute Gasteiger partial charge is 0.497 e. The molecule has 2 aliphatic rings. The zero-order valence-corrected chi connectivity index (χ0v) is 17.0. The molecule has 0 amide bonds. The summed E-state index contributed by atoms with van der Waals surface area (Å²) in [7, 11) is 1.74. The summed E-state index contributed by atoms with van der Waals surface area (Å²) in [5, 5.41) is 0. The molecule has 2 aliphatic carbocycles. The van der Waals surface area contributed by atoms with Gasteiger partial charge in [-0.05, 0) is 80.3 Å². The summed E-state index contributed by atoms with van der Waals surface area (Å²) >= 11 is 0. The van der Waals surface area contributed by atoms with E-state index in [0.717, 1.165) is 23.5 Å². The number of aryl methyl sites for hydroxylation is 1. The Morgan fingerprint density at radius 2 is 1.59 bits per heavy atom. The second-order valence-corrected chi connectivity index (χ2v) is 8.59. The summed E-state index contributed by atoms with van der Waals surface area (Å²) in [6.07, 6.45) is 8.33. The summed E-state index contributed by atoms with van der Waals surface area (Å²) in [6.45, 7) is 4.56. The summed E-state index contributed by atoms with van der Waals surface area (Å²) in [5.74, 6) is 3.47. The van der Waals surface area contributed by atoms with Crippen LogP contribution in [0, 0.1) is 24.7 Å². The Balaban J connectivity index is 1.76. The smallest absolute Gasteiger partial charge is 0.119 e. The number of benzene rings is 2. The average Bonchev–Trinajstić information content (AvgIpc) is 2.71. The zero-order valence-electron chi connectivity index (χ0n) is 17.0. The van der Waals surface area contributed by atoms with Crippen molar-refractivity contribution in [3.05, 3.63) is 54.1 Å². The minimum atomic E-state index is 0.600. The highest BCUT2D eigenvalue weighted by atomic mass is 16.5. The molecule has 0 heterocycles. The van der Waals surface area contributed by atoms with Crippen molar-refractivity contribution in [2.45, 2.75) is 58.4 Å². The standard InChI is InChI=1S/C25H33NO/c1-4-20-16-19-6-5-7-21(17-19)25(20)26(22-10-8-18(2)9-11-22)23-12-14-24(27-3)15-13-23/h8-15,19-21,25H,4-7,16-17H2,1-3H3. The molecule has 0 N–H and O–H groups in total. The molecular formula is C25H33NO. The Morgan fingerprint density at radius 1 is 0.926 bits per heavy atom. The Labute approximate surface area is 164 Å². The van der Waals surface area contributed by atoms with E-state index in [2.05, 4.69) is 67.3 Å². The predicted octanol–water partition coefficient (Wildman–Crippen LogP) is 6.75. The fourth-order valence-electron chi connectivity index (χ4n) is 5.58. The lowest BCUT2D eigenvalue weighted by atomic mass is 9.64. The molecule has 2 heteroatoms. The Hall–Kier alpha value is -1.96. The van der Waals surface area contributed by atoms with Gasteiger partial charge < -0.3 is 9.64 Å². The first kappa shape index (κ1) is 18.4. The molecule has 4 rings (SSSR count). The number of anilines is 2. The predicted molar refractivity (Wildman–Crippen MR) is 114 cm³/mol. The number of methoxy groups -OCH3 is 1. The quantitative estimate of drug-likeness (QED) is 0.583. The number of hydrogen-bond acceptors (Lipinski definition) is 2. The van der Waals surface area contributed by atoms with E-state index in [1.165, 1.54) is 55.5 Å². The summed E-state index contributed by atoms with van der Waals surface area (Å²) in [6, 6.07) is 18.4. The van der Waals surface area contributed by atoms with Crippen molar-refractivity contribution in [3.8, 4) is 5.75 Å². The number of hydrogen-bond donors (Lipinski definition) is 0. The molecule has 0 radical (unpaired) electrons. The number of fused-ring (bicyclic) bond motifs is 2. The van der Waals surface area contributed by atoms with E-state index in [4.69, 9.17) is 4.74 Å². The van der Waals surface area contributed by atoms with E-state index in [0.29, 0.717) is 6.04 Å². The number of ether oxygens (including phenoxy) is 1. The maximum absolute atomic E-state index is 5.41. The second-order valence-electron chi connectivity index (χ2n) is 8.59. The molecule has 2 aromatic rings. The van der Waals surface area contributed by atoms with Crippen LogP contribution in [-0.4, -0.2) is 13.2 Å². The molecule has 0 spiro atoms. The Bertz CT molecular complexity index is 734. The van der Waals surface area contributed by atoms with Crippen molar-refractivity contribution in [2.75, 3.05) is 12.0 Å². The van der Waals surface area contributed by atoms with Gasteiger partial charge in [-0.25, -0.2) is 0 Å². The van der Waals surface area contributed by atoms with Crippen molar-refractivity contribution in [2.24, 2.45) is 17.8 Å². The van der Waals surface area contributed by atoms with Crippen molar-refractivity contribution in [3.63, 3.8) is 0 Å². The maximum Gasteiger partial charge on any atom is 0.119 e. The summed E-state index contributed by atoms with van der Waals surface area (Å²) < 4.78 is 5.41. The van der Waals surface area contributed by atoms with Crippen LogP contribution in [0.5, 0.6) is 5.75 Å². The van der Waals surface area contributed by atoms with Gasteiger partial charge in [0, 0.05) is 17.4 Å². The molecule has 0 aromatic heterocycles. The van der Waals surface area contributed by atoms with Crippen molar-refractivity contribution < 1.29 is 4.74 Å². The first-order valence-corrected chi connectivity index (χ1v) is 10.7. The molecule has 27 heavy (non-hydrogen) atoms. The molecule has 2 saturated carbocycles. The van der Waals surface area contributed by atoms with E-state index in [1.54, 1.807) is 7.11 Å². The van der Waals surface area contributed by atoms with Crippen LogP contribution >= 0.6 is 0 Å². The fraction of sp³-hybridized carbons (Fsp3) is 0.520. The zero-order chi connectivity index (χ0) is 18.8. The minimum Gasteiger partial charge on any atom is -0.497 e. The van der Waals surface area contributed by atoms with Crippen LogP contribution in [0.3, 0.4) is 0 Å². The Kier molecular flexibility index (Phi) is 5.43. The van der Waals surface area contributed by atoms with E-state index in [1.807, 2.05) is 0 Å². The third-order valence-corrected chi connectivity index (χ3v) is 6.91. The van der Waals surface area contributed by atoms with Gasteiger partial charge in [0.15, 0.2) is 0 Å². The summed E-state index contributed by atoms with van der Waals surface area (Å²) in [4.78, 5) is 2.65. The molecule has 2 nitrogen and oxygen atoms in total. The van der Waals surface area contributed by atoms with Crippen molar-refractivity contribution in [1.29, 1.82) is 0 Å². The van der Waals surface area contributed by atoms with Crippen LogP contribution in [0.4, 0.5) is 11.4 Å². The fourth-order valence-corrected chi connectivity index (χ4v) is 5.58. The topological polar surface area (TPSA) is 12.5 Å². The van der Waals surface area contributed by atoms with E-state index < -0.39 is 0 Å². The first-order chi connectivity index (χ1) is 13.2. The normalized spacial score (nSPS) is 27.2. The van der Waals surface area contributed by atoms with E-state index in [9.17, 15) is 0 Å². The Morgan fingerprint density at radius 3 is 2.22 bits per heavy atom. The third-order valence-electron chi connectivity index (χ3n) is 6.91. The van der Waals surface area contributed by atoms with Gasteiger partial charge in [0.2, 0.25) is 0 Å². The first-order valence-electron chi connectivity index (χ1n) is 10.7. The highest BCUT2D eigenvalue weighted by Crippen LogP contribution is 2.48. The second kappa shape index (κ2) is 7.96. The highest BCUT2D eigenvalue weighted by Gasteiger charge is 2.42. The molecule has 144 valence electrons. The molecule has 2 bridgehead atoms. The van der Waals surface area contributed by atoms with Gasteiger partial charge in [-0.3, -0.25) is 0 Å². The van der Waals surface area contributed by atoms with Crippen LogP contribution in [0.2, 0.25) is 0 Å². The van der Waals surface area contributed by atoms with Crippen LogP contribution in [0.15, 0.2) is 48.5 Å². The molecule has 2 aromatic carbocycles. The van der Waals surface area contributed by atoms with Gasteiger partial charge >= 0.3 is 0 Å². The number of nitrogens with zero attached hydrogens (tertiary/aromatic N) is 1. The van der Waals surface area contributed by atoms with Gasteiger partial charge in [-0.1, -0.05) is 43.9 Å². The van der Waals surface area contributed by atoms with Crippen LogP contribution in [0.1, 0.15) is 51.0 Å². The van der Waals surface area contributed by atoms with Crippen LogP contribution in [0.25, 0.3) is 0 Å². The lowest BCUT2D eigenvalue weighted by molar-refractivity contribution is 0.107. The molecule has 0 saturated heterocycles. The lowest BCUT2D eigenvalue weighted by Crippen LogP contribution is -2.49. The SMILES string of the molecule is CCC1CC2CCCC(C2)C1N(c1ccc(C)cc1)c1ccc(OC)cc1. The molecule has 0 aliphatic heterocycles. The lowest BCUT2D eigenvalue weighted by Gasteiger charge is -2.50. The van der Waals surface area contributed by atoms with Gasteiger partial charge in [0.25, 0.3) is 0 Å².